The number of ether oxygens (including phenoxy) is 3. The first-order valence-electron chi connectivity index (χ1n) is 8.42. The zero-order chi connectivity index (χ0) is 21.4. The Kier molecular flexibility index (Phi) is 7.74. The lowest BCUT2D eigenvalue weighted by molar-refractivity contribution is -0.384. The molecule has 2 rings (SSSR count). The first-order chi connectivity index (χ1) is 13.9. The molecule has 0 saturated heterocycles. The van der Waals surface area contributed by atoms with Gasteiger partial charge in [-0.3, -0.25) is 10.1 Å². The van der Waals surface area contributed by atoms with E-state index in [9.17, 15) is 20.2 Å². The third-order valence-electron chi connectivity index (χ3n) is 3.74. The van der Waals surface area contributed by atoms with E-state index in [1.807, 2.05) is 0 Å². The number of esters is 1. The Balaban J connectivity index is 2.34. The summed E-state index contributed by atoms with van der Waals surface area (Å²) >= 11 is 3.41. The fraction of sp³-hybridized carbons (Fsp3) is 0.200. The molecule has 0 atom stereocenters. The summed E-state index contributed by atoms with van der Waals surface area (Å²) < 4.78 is 16.2. The lowest BCUT2D eigenvalue weighted by Gasteiger charge is -2.12. The average molecular weight is 461 g/mol. The number of non-ortho nitro benzene ring substituents is 1. The van der Waals surface area contributed by atoms with E-state index in [1.165, 1.54) is 31.4 Å². The molecule has 0 N–H and O–H groups in total. The van der Waals surface area contributed by atoms with Crippen LogP contribution in [0.4, 0.5) is 5.69 Å². The third-order valence-corrected chi connectivity index (χ3v) is 4.43. The van der Waals surface area contributed by atoms with Crippen LogP contribution in [0.2, 0.25) is 0 Å². The molecule has 150 valence electrons. The van der Waals surface area contributed by atoms with E-state index < -0.39 is 10.9 Å². The smallest absolute Gasteiger partial charge is 0.344 e. The van der Waals surface area contributed by atoms with Crippen LogP contribution < -0.4 is 9.47 Å². The maximum Gasteiger partial charge on any atom is 0.344 e. The lowest BCUT2D eigenvalue weighted by atomic mass is 10.0. The molecule has 0 aromatic heterocycles. The lowest BCUT2D eigenvalue weighted by Crippen LogP contribution is -2.15. The van der Waals surface area contributed by atoms with Gasteiger partial charge in [0.05, 0.1) is 30.3 Å². The van der Waals surface area contributed by atoms with Gasteiger partial charge in [-0.05, 0) is 48.4 Å². The van der Waals surface area contributed by atoms with Gasteiger partial charge in [0.2, 0.25) is 0 Å². The monoisotopic (exact) mass is 460 g/mol. The first-order valence-corrected chi connectivity index (χ1v) is 9.21. The molecule has 8 nitrogen and oxygen atoms in total. The molecule has 2 aromatic rings. The summed E-state index contributed by atoms with van der Waals surface area (Å²) in [4.78, 5) is 21.8. The van der Waals surface area contributed by atoms with E-state index in [-0.39, 0.29) is 18.9 Å². The first kappa shape index (κ1) is 21.9. The Morgan fingerprint density at radius 3 is 2.52 bits per heavy atom. The highest BCUT2D eigenvalue weighted by Crippen LogP contribution is 2.35. The van der Waals surface area contributed by atoms with Gasteiger partial charge in [0.15, 0.2) is 18.1 Å². The zero-order valence-electron chi connectivity index (χ0n) is 15.7. The zero-order valence-corrected chi connectivity index (χ0v) is 17.3. The van der Waals surface area contributed by atoms with Crippen LogP contribution in [0.25, 0.3) is 11.6 Å². The minimum Gasteiger partial charge on any atom is -0.493 e. The standard InChI is InChI=1S/C20H17BrN2O6/c1-3-28-20(24)12-29-19-10-17(21)14(9-18(19)27-2)8-15(11-22)13-4-6-16(7-5-13)23(25)26/h4-10H,3,12H2,1-2H3/b15-8-. The number of benzene rings is 2. The van der Waals surface area contributed by atoms with E-state index in [1.54, 1.807) is 25.1 Å². The average Bonchev–Trinajstić information content (AvgIpc) is 2.71. The number of rotatable bonds is 8. The van der Waals surface area contributed by atoms with Crippen LogP contribution in [0.3, 0.4) is 0 Å². The molecule has 0 fully saturated rings. The molecule has 0 aliphatic carbocycles. The number of halogens is 1. The number of nitro benzene ring substituents is 1. The molecule has 0 amide bonds. The number of nitro groups is 1. The van der Waals surface area contributed by atoms with Crippen molar-refractivity contribution in [2.45, 2.75) is 6.92 Å². The van der Waals surface area contributed by atoms with Crippen molar-refractivity contribution in [1.82, 2.24) is 0 Å². The third kappa shape index (κ3) is 5.80. The molecular weight excluding hydrogens is 444 g/mol. The molecular formula is C20H17BrN2O6. The minimum atomic E-state index is -0.504. The Morgan fingerprint density at radius 2 is 1.97 bits per heavy atom. The van der Waals surface area contributed by atoms with Crippen LogP contribution in [0.15, 0.2) is 40.9 Å². The second kappa shape index (κ2) is 10.2. The van der Waals surface area contributed by atoms with Gasteiger partial charge in [-0.15, -0.1) is 0 Å². The van der Waals surface area contributed by atoms with Gasteiger partial charge >= 0.3 is 5.97 Å². The van der Waals surface area contributed by atoms with E-state index in [0.717, 1.165) is 0 Å². The quantitative estimate of drug-likeness (QED) is 0.189. The van der Waals surface area contributed by atoms with Gasteiger partial charge in [0.1, 0.15) is 0 Å². The minimum absolute atomic E-state index is 0.0583. The maximum absolute atomic E-state index is 11.5. The molecule has 9 heteroatoms. The Hall–Kier alpha value is -3.38. The van der Waals surface area contributed by atoms with Crippen LogP contribution in [0.1, 0.15) is 18.1 Å². The molecule has 0 aliphatic rings. The van der Waals surface area contributed by atoms with Gasteiger partial charge in [-0.1, -0.05) is 15.9 Å². The number of carbonyl (C=O) groups is 1. The van der Waals surface area contributed by atoms with Gasteiger partial charge in [0, 0.05) is 16.6 Å². The van der Waals surface area contributed by atoms with Gasteiger partial charge in [-0.2, -0.15) is 5.26 Å². The summed E-state index contributed by atoms with van der Waals surface area (Å²) in [5.41, 5.74) is 1.41. The van der Waals surface area contributed by atoms with E-state index in [0.29, 0.717) is 32.7 Å². The van der Waals surface area contributed by atoms with Crippen molar-refractivity contribution in [3.05, 3.63) is 62.1 Å². The largest absolute Gasteiger partial charge is 0.493 e. The molecule has 0 aliphatic heterocycles. The van der Waals surface area contributed by atoms with Crippen molar-refractivity contribution >= 4 is 39.2 Å². The van der Waals surface area contributed by atoms with Crippen LogP contribution in [-0.4, -0.2) is 31.2 Å². The molecule has 0 saturated carbocycles. The Bertz CT molecular complexity index is 980. The number of hydrogen-bond acceptors (Lipinski definition) is 7. The summed E-state index contributed by atoms with van der Waals surface area (Å²) in [5, 5.41) is 20.3. The summed E-state index contributed by atoms with van der Waals surface area (Å²) in [6, 6.07) is 11.0. The fourth-order valence-electron chi connectivity index (χ4n) is 2.37. The van der Waals surface area contributed by atoms with E-state index in [2.05, 4.69) is 22.0 Å². The molecule has 0 radical (unpaired) electrons. The molecule has 2 aromatic carbocycles. The van der Waals surface area contributed by atoms with Crippen molar-refractivity contribution in [2.75, 3.05) is 20.3 Å². The normalized spacial score (nSPS) is 10.8. The highest BCUT2D eigenvalue weighted by Gasteiger charge is 2.13. The molecule has 0 spiro atoms. The number of carbonyl (C=O) groups excluding carboxylic acids is 1. The number of allylic oxidation sites excluding steroid dienone is 1. The van der Waals surface area contributed by atoms with Crippen molar-refractivity contribution < 1.29 is 23.9 Å². The predicted octanol–water partition coefficient (Wildman–Crippen LogP) is 4.37. The molecule has 0 heterocycles. The highest BCUT2D eigenvalue weighted by atomic mass is 79.9. The van der Waals surface area contributed by atoms with Gasteiger partial charge < -0.3 is 14.2 Å². The van der Waals surface area contributed by atoms with Crippen molar-refractivity contribution in [2.24, 2.45) is 0 Å². The molecule has 0 unspecified atom stereocenters. The molecule has 0 bridgehead atoms. The van der Waals surface area contributed by atoms with Crippen molar-refractivity contribution in [3.63, 3.8) is 0 Å². The summed E-state index contributed by atoms with van der Waals surface area (Å²) in [6.07, 6.45) is 1.61. The Morgan fingerprint density at radius 1 is 1.28 bits per heavy atom. The number of nitriles is 1. The summed E-state index contributed by atoms with van der Waals surface area (Å²) in [7, 11) is 1.45. The van der Waals surface area contributed by atoms with Crippen LogP contribution >= 0.6 is 15.9 Å². The molecule has 29 heavy (non-hydrogen) atoms. The summed E-state index contributed by atoms with van der Waals surface area (Å²) in [5.74, 6) is 0.197. The highest BCUT2D eigenvalue weighted by molar-refractivity contribution is 9.10. The second-order valence-corrected chi connectivity index (χ2v) is 6.45. The SMILES string of the molecule is CCOC(=O)COc1cc(Br)c(/C=C(/C#N)c2ccc([N+](=O)[O-])cc2)cc1OC. The number of methoxy groups -OCH3 is 1. The van der Waals surface area contributed by atoms with Gasteiger partial charge in [0.25, 0.3) is 5.69 Å². The van der Waals surface area contributed by atoms with Gasteiger partial charge in [-0.25, -0.2) is 4.79 Å². The summed E-state index contributed by atoms with van der Waals surface area (Å²) in [6.45, 7) is 1.69. The van der Waals surface area contributed by atoms with Crippen molar-refractivity contribution in [3.8, 4) is 17.6 Å². The van der Waals surface area contributed by atoms with Crippen LogP contribution in [-0.2, 0) is 9.53 Å². The van der Waals surface area contributed by atoms with Crippen LogP contribution in [0.5, 0.6) is 11.5 Å². The van der Waals surface area contributed by atoms with E-state index >= 15 is 0 Å². The number of hydrogen-bond donors (Lipinski definition) is 0. The topological polar surface area (TPSA) is 112 Å². The van der Waals surface area contributed by atoms with Crippen LogP contribution in [0, 0.1) is 21.4 Å². The second-order valence-electron chi connectivity index (χ2n) is 5.59. The number of nitrogens with zero attached hydrogens (tertiary/aromatic N) is 2. The predicted molar refractivity (Wildman–Crippen MR) is 109 cm³/mol. The fourth-order valence-corrected chi connectivity index (χ4v) is 2.81. The van der Waals surface area contributed by atoms with Crippen molar-refractivity contribution in [1.29, 1.82) is 5.26 Å². The van der Waals surface area contributed by atoms with E-state index in [4.69, 9.17) is 14.2 Å². The maximum atomic E-state index is 11.5. The Labute approximate surface area is 175 Å².